The molecule has 0 spiro atoms. The number of para-hydroxylation sites is 3. The van der Waals surface area contributed by atoms with E-state index in [1.54, 1.807) is 0 Å². The van der Waals surface area contributed by atoms with Gasteiger partial charge in [0.15, 0.2) is 0 Å². The first-order valence-corrected chi connectivity index (χ1v) is 16.9. The van der Waals surface area contributed by atoms with Crippen molar-refractivity contribution in [3.63, 3.8) is 0 Å². The van der Waals surface area contributed by atoms with E-state index in [0.29, 0.717) is 0 Å². The van der Waals surface area contributed by atoms with Gasteiger partial charge in [0.1, 0.15) is 0 Å². The predicted octanol–water partition coefficient (Wildman–Crippen LogP) is 12.2. The van der Waals surface area contributed by atoms with Crippen molar-refractivity contribution in [1.29, 1.82) is 0 Å². The quantitative estimate of drug-likeness (QED) is 0.193. The molecule has 9 rings (SSSR count). The van der Waals surface area contributed by atoms with Gasteiger partial charge in [-0.05, 0) is 93.0 Å². The summed E-state index contributed by atoms with van der Waals surface area (Å²) in [5.41, 5.74) is 17.8. The Morgan fingerprint density at radius 2 is 0.766 bits per heavy atom. The maximum Gasteiger partial charge on any atom is 0.0544 e. The van der Waals surface area contributed by atoms with Gasteiger partial charge in [0.05, 0.1) is 28.4 Å². The molecule has 0 aliphatic carbocycles. The molecule has 0 N–H and O–H groups in total. The summed E-state index contributed by atoms with van der Waals surface area (Å²) in [6.45, 7) is 14.3. The normalized spacial score (nSPS) is 17.1. The maximum absolute atomic E-state index is 2.56. The second kappa shape index (κ2) is 9.48. The van der Waals surface area contributed by atoms with E-state index in [2.05, 4.69) is 185 Å². The zero-order valence-corrected chi connectivity index (χ0v) is 28.1. The van der Waals surface area contributed by atoms with Crippen LogP contribution >= 0.6 is 0 Å². The van der Waals surface area contributed by atoms with E-state index in [0.717, 1.165) is 0 Å². The summed E-state index contributed by atoms with van der Waals surface area (Å²) < 4.78 is 0. The highest BCUT2D eigenvalue weighted by molar-refractivity contribution is 5.96. The fraction of sp³-hybridized carbons (Fsp3) is 0.200. The first kappa shape index (κ1) is 28.2. The highest BCUT2D eigenvalue weighted by Gasteiger charge is 2.46. The Kier molecular flexibility index (Phi) is 5.68. The molecule has 0 saturated carbocycles. The van der Waals surface area contributed by atoms with Gasteiger partial charge in [0.25, 0.3) is 0 Å². The van der Waals surface area contributed by atoms with E-state index in [1.165, 1.54) is 78.6 Å². The van der Waals surface area contributed by atoms with Gasteiger partial charge in [0.2, 0.25) is 0 Å². The zero-order valence-electron chi connectivity index (χ0n) is 28.1. The zero-order chi connectivity index (χ0) is 32.3. The van der Waals surface area contributed by atoms with Crippen molar-refractivity contribution in [2.24, 2.45) is 0 Å². The molecule has 0 amide bonds. The van der Waals surface area contributed by atoms with Gasteiger partial charge in [-0.3, -0.25) is 0 Å². The highest BCUT2D eigenvalue weighted by Crippen LogP contribution is 2.62. The van der Waals surface area contributed by atoms with Crippen molar-refractivity contribution in [2.75, 3.05) is 9.80 Å². The number of rotatable bonds is 2. The number of hydrogen-bond acceptors (Lipinski definition) is 2. The first-order valence-electron chi connectivity index (χ1n) is 16.9. The molecule has 0 fully saturated rings. The smallest absolute Gasteiger partial charge is 0.0544 e. The molecule has 0 bridgehead atoms. The van der Waals surface area contributed by atoms with Gasteiger partial charge >= 0.3 is 0 Å². The molecule has 0 radical (unpaired) electrons. The van der Waals surface area contributed by atoms with Crippen LogP contribution in [0.25, 0.3) is 11.1 Å². The van der Waals surface area contributed by atoms with Crippen molar-refractivity contribution in [3.8, 4) is 11.1 Å². The molecule has 3 heterocycles. The van der Waals surface area contributed by atoms with Crippen LogP contribution in [0.5, 0.6) is 0 Å². The molecule has 0 unspecified atom stereocenters. The predicted molar refractivity (Wildman–Crippen MR) is 198 cm³/mol. The number of hydrogen-bond donors (Lipinski definition) is 0. The molecule has 2 heteroatoms. The highest BCUT2D eigenvalue weighted by atomic mass is 15.2. The summed E-state index contributed by atoms with van der Waals surface area (Å²) in [6.07, 6.45) is 0. The Labute approximate surface area is 279 Å². The minimum Gasteiger partial charge on any atom is -0.310 e. The van der Waals surface area contributed by atoms with E-state index in [9.17, 15) is 0 Å². The lowest BCUT2D eigenvalue weighted by atomic mass is 9.65. The van der Waals surface area contributed by atoms with Crippen LogP contribution in [-0.4, -0.2) is 0 Å². The van der Waals surface area contributed by atoms with E-state index in [4.69, 9.17) is 0 Å². The topological polar surface area (TPSA) is 6.48 Å². The largest absolute Gasteiger partial charge is 0.310 e. The summed E-state index contributed by atoms with van der Waals surface area (Å²) >= 11 is 0. The lowest BCUT2D eigenvalue weighted by molar-refractivity contribution is 0.597. The van der Waals surface area contributed by atoms with Gasteiger partial charge in [-0.15, -0.1) is 0 Å². The minimum absolute atomic E-state index is 0.0926. The molecule has 230 valence electrons. The Balaban J connectivity index is 1.32. The lowest BCUT2D eigenvalue weighted by Crippen LogP contribution is -2.38. The van der Waals surface area contributed by atoms with E-state index in [-0.39, 0.29) is 16.2 Å². The van der Waals surface area contributed by atoms with Crippen LogP contribution < -0.4 is 9.80 Å². The van der Waals surface area contributed by atoms with Crippen molar-refractivity contribution >= 4 is 34.1 Å². The second-order valence-corrected chi connectivity index (χ2v) is 15.1. The summed E-state index contributed by atoms with van der Waals surface area (Å²) in [4.78, 5) is 5.05. The second-order valence-electron chi connectivity index (χ2n) is 15.1. The minimum atomic E-state index is -0.243. The summed E-state index contributed by atoms with van der Waals surface area (Å²) in [5, 5.41) is 0. The van der Waals surface area contributed by atoms with Crippen LogP contribution in [0, 0.1) is 0 Å². The number of fused-ring (bicyclic) bond motifs is 6. The van der Waals surface area contributed by atoms with Crippen LogP contribution in [0.3, 0.4) is 0 Å². The SMILES string of the molecule is CC1(C)c2ccccc2N(c2ccc3c(c2)C(C)(C)c2cc(-c4ccccc4)cc4c2N3c2ccccc2C4(C)C)c2ccccc21. The van der Waals surface area contributed by atoms with Crippen molar-refractivity contribution in [1.82, 2.24) is 0 Å². The van der Waals surface area contributed by atoms with Crippen molar-refractivity contribution < 1.29 is 0 Å². The average Bonchev–Trinajstić information content (AvgIpc) is 3.09. The number of benzene rings is 6. The van der Waals surface area contributed by atoms with E-state index in [1.807, 2.05) is 0 Å². The van der Waals surface area contributed by atoms with Gasteiger partial charge in [-0.1, -0.05) is 126 Å². The summed E-state index contributed by atoms with van der Waals surface area (Å²) in [5.74, 6) is 0. The number of anilines is 6. The monoisotopic (exact) mass is 608 g/mol. The lowest BCUT2D eigenvalue weighted by Gasteiger charge is -2.50. The standard InChI is InChI=1S/C45H40N2/c1-43(2)32-18-10-13-21-38(32)46(39-22-14-11-19-33(39)43)31-24-25-41-35(28-31)45(5,6)37-27-30(29-16-8-7-9-17-29)26-36-42(37)47(41)40-23-15-12-20-34(40)44(36,3)4/h7-28H,1-6H3. The molecular formula is C45H40N2. The molecule has 3 aliphatic rings. The molecule has 6 aromatic carbocycles. The third-order valence-electron chi connectivity index (χ3n) is 11.4. The molecule has 2 nitrogen and oxygen atoms in total. The van der Waals surface area contributed by atoms with Crippen LogP contribution in [0.2, 0.25) is 0 Å². The van der Waals surface area contributed by atoms with Crippen molar-refractivity contribution in [2.45, 2.75) is 57.8 Å². The average molecular weight is 609 g/mol. The fourth-order valence-electron chi connectivity index (χ4n) is 8.79. The van der Waals surface area contributed by atoms with E-state index >= 15 is 0 Å². The Bertz CT molecular complexity index is 2190. The summed E-state index contributed by atoms with van der Waals surface area (Å²) in [7, 11) is 0. The fourth-order valence-corrected chi connectivity index (χ4v) is 8.79. The van der Waals surface area contributed by atoms with Crippen LogP contribution in [0.1, 0.15) is 74.9 Å². The molecule has 0 saturated heterocycles. The Morgan fingerprint density at radius 1 is 0.340 bits per heavy atom. The van der Waals surface area contributed by atoms with Crippen LogP contribution in [-0.2, 0) is 16.2 Å². The third-order valence-corrected chi connectivity index (χ3v) is 11.4. The van der Waals surface area contributed by atoms with E-state index < -0.39 is 0 Å². The first-order chi connectivity index (χ1) is 22.6. The third kappa shape index (κ3) is 3.73. The summed E-state index contributed by atoms with van der Waals surface area (Å²) in [6, 6.07) is 49.9. The van der Waals surface area contributed by atoms with Crippen LogP contribution in [0.4, 0.5) is 34.1 Å². The van der Waals surface area contributed by atoms with Gasteiger partial charge in [0, 0.05) is 21.9 Å². The van der Waals surface area contributed by atoms with Gasteiger partial charge in [-0.25, -0.2) is 0 Å². The molecule has 6 aromatic rings. The van der Waals surface area contributed by atoms with Gasteiger partial charge in [-0.2, -0.15) is 0 Å². The molecule has 0 atom stereocenters. The Hall–Kier alpha value is -5.08. The maximum atomic E-state index is 2.56. The molecule has 3 aliphatic heterocycles. The molecule has 47 heavy (non-hydrogen) atoms. The van der Waals surface area contributed by atoms with Crippen LogP contribution in [0.15, 0.2) is 133 Å². The van der Waals surface area contributed by atoms with Crippen molar-refractivity contribution in [3.05, 3.63) is 167 Å². The van der Waals surface area contributed by atoms with Gasteiger partial charge < -0.3 is 9.80 Å². The Morgan fingerprint density at radius 3 is 1.32 bits per heavy atom. The number of nitrogens with zero attached hydrogens (tertiary/aromatic N) is 2. The molecular weight excluding hydrogens is 569 g/mol. The molecule has 0 aromatic heterocycles.